The molecule has 2 aromatic carbocycles. The summed E-state index contributed by atoms with van der Waals surface area (Å²) in [4.78, 5) is 12.3. The number of carbonyl (C=O) groups is 1. The van der Waals surface area contributed by atoms with Crippen LogP contribution in [0.5, 0.6) is 0 Å². The normalized spacial score (nSPS) is 12.0. The highest BCUT2D eigenvalue weighted by Crippen LogP contribution is 2.25. The second-order valence-corrected chi connectivity index (χ2v) is 10.8. The molecule has 0 heterocycles. The lowest BCUT2D eigenvalue weighted by molar-refractivity contribution is 0.102. The third-order valence-electron chi connectivity index (χ3n) is 3.84. The Hall–Kier alpha value is -2.14. The molecule has 0 unspecified atom stereocenters. The van der Waals surface area contributed by atoms with Gasteiger partial charge in [-0.1, -0.05) is 18.5 Å². The monoisotopic (exact) mass is 459 g/mol. The standard InChI is InChI=1S/C18H22ClN3O5S2/c1-4-11-28(24,25)21-15-8-6-14(7-9-15)20-18(23)13-5-10-16(19)17(12-13)29(26,27)22(2)3/h5-10,12,21H,4,11H2,1-3H3,(H,20,23). The number of anilines is 2. The van der Waals surface area contributed by atoms with Gasteiger partial charge in [0.15, 0.2) is 0 Å². The van der Waals surface area contributed by atoms with Gasteiger partial charge in [-0.25, -0.2) is 21.1 Å². The van der Waals surface area contributed by atoms with Crippen molar-refractivity contribution >= 4 is 48.9 Å². The van der Waals surface area contributed by atoms with E-state index in [1.54, 1.807) is 6.92 Å². The number of halogens is 1. The van der Waals surface area contributed by atoms with Crippen molar-refractivity contribution in [2.24, 2.45) is 0 Å². The zero-order chi connectivity index (χ0) is 21.8. The quantitative estimate of drug-likeness (QED) is 0.630. The zero-order valence-corrected chi connectivity index (χ0v) is 18.5. The predicted octanol–water partition coefficient (Wildman–Crippen LogP) is 2.99. The summed E-state index contributed by atoms with van der Waals surface area (Å²) >= 11 is 5.99. The van der Waals surface area contributed by atoms with E-state index in [1.165, 1.54) is 56.6 Å². The number of sulfonamides is 2. The maximum Gasteiger partial charge on any atom is 0.255 e. The third-order valence-corrected chi connectivity index (χ3v) is 7.63. The first kappa shape index (κ1) is 23.1. The van der Waals surface area contributed by atoms with Crippen molar-refractivity contribution in [1.29, 1.82) is 0 Å². The fraction of sp³-hybridized carbons (Fsp3) is 0.278. The lowest BCUT2D eigenvalue weighted by Crippen LogP contribution is -2.23. The van der Waals surface area contributed by atoms with E-state index in [9.17, 15) is 21.6 Å². The van der Waals surface area contributed by atoms with Gasteiger partial charge in [-0.3, -0.25) is 9.52 Å². The van der Waals surface area contributed by atoms with Crippen LogP contribution < -0.4 is 10.0 Å². The number of amides is 1. The SMILES string of the molecule is CCCS(=O)(=O)Nc1ccc(NC(=O)c2ccc(Cl)c(S(=O)(=O)N(C)C)c2)cc1. The molecule has 0 aliphatic carbocycles. The smallest absolute Gasteiger partial charge is 0.255 e. The number of rotatable bonds is 8. The Morgan fingerprint density at radius 1 is 1.00 bits per heavy atom. The molecule has 0 saturated heterocycles. The molecule has 2 aromatic rings. The summed E-state index contributed by atoms with van der Waals surface area (Å²) in [5.74, 6) is -0.517. The Balaban J connectivity index is 2.19. The summed E-state index contributed by atoms with van der Waals surface area (Å²) in [7, 11) is -4.47. The Morgan fingerprint density at radius 3 is 2.14 bits per heavy atom. The molecule has 8 nitrogen and oxygen atoms in total. The molecule has 2 N–H and O–H groups in total. The van der Waals surface area contributed by atoms with Crippen LogP contribution in [0.4, 0.5) is 11.4 Å². The lowest BCUT2D eigenvalue weighted by atomic mass is 10.2. The number of nitrogens with zero attached hydrogens (tertiary/aromatic N) is 1. The van der Waals surface area contributed by atoms with Crippen LogP contribution in [0.3, 0.4) is 0 Å². The topological polar surface area (TPSA) is 113 Å². The van der Waals surface area contributed by atoms with E-state index in [0.29, 0.717) is 17.8 Å². The lowest BCUT2D eigenvalue weighted by Gasteiger charge is -2.14. The minimum Gasteiger partial charge on any atom is -0.322 e. The van der Waals surface area contributed by atoms with E-state index in [1.807, 2.05) is 0 Å². The molecule has 0 bridgehead atoms. The van der Waals surface area contributed by atoms with Gasteiger partial charge in [0.2, 0.25) is 20.0 Å². The highest BCUT2D eigenvalue weighted by Gasteiger charge is 2.22. The maximum atomic E-state index is 12.5. The van der Waals surface area contributed by atoms with E-state index in [0.717, 1.165) is 4.31 Å². The fourth-order valence-corrected chi connectivity index (χ4v) is 4.89. The molecule has 0 aliphatic heterocycles. The summed E-state index contributed by atoms with van der Waals surface area (Å²) in [6.07, 6.45) is 0.496. The molecule has 29 heavy (non-hydrogen) atoms. The largest absolute Gasteiger partial charge is 0.322 e. The van der Waals surface area contributed by atoms with Gasteiger partial charge < -0.3 is 5.32 Å². The Labute approximate surface area is 176 Å². The molecule has 0 saturated carbocycles. The Kier molecular flexibility index (Phi) is 7.28. The second kappa shape index (κ2) is 9.12. The summed E-state index contributed by atoms with van der Waals surface area (Å²) in [5, 5.41) is 2.65. The van der Waals surface area contributed by atoms with Crippen molar-refractivity contribution in [1.82, 2.24) is 4.31 Å². The van der Waals surface area contributed by atoms with Crippen LogP contribution in [0.1, 0.15) is 23.7 Å². The molecule has 0 aromatic heterocycles. The van der Waals surface area contributed by atoms with Crippen LogP contribution in [0, 0.1) is 0 Å². The first-order chi connectivity index (χ1) is 13.5. The molecule has 11 heteroatoms. The van der Waals surface area contributed by atoms with Gasteiger partial charge >= 0.3 is 0 Å². The highest BCUT2D eigenvalue weighted by molar-refractivity contribution is 7.92. The zero-order valence-electron chi connectivity index (χ0n) is 16.1. The third kappa shape index (κ3) is 5.92. The molecule has 0 atom stereocenters. The first-order valence-corrected chi connectivity index (χ1v) is 12.1. The van der Waals surface area contributed by atoms with Crippen molar-refractivity contribution in [3.8, 4) is 0 Å². The van der Waals surface area contributed by atoms with E-state index >= 15 is 0 Å². The summed E-state index contributed by atoms with van der Waals surface area (Å²) in [6, 6.07) is 10.1. The fourth-order valence-electron chi connectivity index (χ4n) is 2.36. The van der Waals surface area contributed by atoms with Crippen LogP contribution in [-0.2, 0) is 20.0 Å². The molecule has 1 amide bonds. The van der Waals surface area contributed by atoms with Crippen LogP contribution in [0.15, 0.2) is 47.4 Å². The number of hydrogen-bond acceptors (Lipinski definition) is 5. The van der Waals surface area contributed by atoms with Crippen molar-refractivity contribution < 1.29 is 21.6 Å². The average molecular weight is 460 g/mol. The average Bonchev–Trinajstić information content (AvgIpc) is 2.63. The summed E-state index contributed by atoms with van der Waals surface area (Å²) < 4.78 is 51.7. The van der Waals surface area contributed by atoms with Crippen molar-refractivity contribution in [3.63, 3.8) is 0 Å². The van der Waals surface area contributed by atoms with Crippen LogP contribution >= 0.6 is 11.6 Å². The molecule has 0 radical (unpaired) electrons. The first-order valence-electron chi connectivity index (χ1n) is 8.60. The molecular formula is C18H22ClN3O5S2. The van der Waals surface area contributed by atoms with Crippen molar-refractivity contribution in [2.75, 3.05) is 29.9 Å². The number of nitrogens with one attached hydrogen (secondary N) is 2. The molecule has 0 aliphatic rings. The van der Waals surface area contributed by atoms with Gasteiger partial charge in [0.25, 0.3) is 5.91 Å². The highest BCUT2D eigenvalue weighted by atomic mass is 35.5. The van der Waals surface area contributed by atoms with E-state index in [2.05, 4.69) is 10.0 Å². The van der Waals surface area contributed by atoms with Gasteiger partial charge in [-0.15, -0.1) is 0 Å². The van der Waals surface area contributed by atoms with Crippen LogP contribution in [0.2, 0.25) is 5.02 Å². The van der Waals surface area contributed by atoms with Crippen LogP contribution in [0.25, 0.3) is 0 Å². The van der Waals surface area contributed by atoms with E-state index < -0.39 is 26.0 Å². The predicted molar refractivity (Wildman–Crippen MR) is 114 cm³/mol. The van der Waals surface area contributed by atoms with Crippen molar-refractivity contribution in [2.45, 2.75) is 18.2 Å². The van der Waals surface area contributed by atoms with Gasteiger partial charge in [-0.2, -0.15) is 0 Å². The maximum absolute atomic E-state index is 12.5. The second-order valence-electron chi connectivity index (χ2n) is 6.39. The molecular weight excluding hydrogens is 438 g/mol. The van der Waals surface area contributed by atoms with E-state index in [-0.39, 0.29) is 21.2 Å². The van der Waals surface area contributed by atoms with E-state index in [4.69, 9.17) is 11.6 Å². The molecule has 0 spiro atoms. The van der Waals surface area contributed by atoms with Gasteiger partial charge in [-0.05, 0) is 48.9 Å². The van der Waals surface area contributed by atoms with Crippen LogP contribution in [-0.4, -0.2) is 46.9 Å². The van der Waals surface area contributed by atoms with Gasteiger partial charge in [0, 0.05) is 31.0 Å². The number of benzene rings is 2. The molecule has 0 fully saturated rings. The number of carbonyl (C=O) groups excluding carboxylic acids is 1. The van der Waals surface area contributed by atoms with Gasteiger partial charge in [0.1, 0.15) is 4.90 Å². The van der Waals surface area contributed by atoms with Gasteiger partial charge in [0.05, 0.1) is 10.8 Å². The van der Waals surface area contributed by atoms with Crippen molar-refractivity contribution in [3.05, 3.63) is 53.1 Å². The minimum atomic E-state index is -3.81. The number of hydrogen-bond donors (Lipinski definition) is 2. The molecule has 158 valence electrons. The molecule has 2 rings (SSSR count). The summed E-state index contributed by atoms with van der Waals surface area (Å²) in [5.41, 5.74) is 0.908. The Morgan fingerprint density at radius 2 is 1.59 bits per heavy atom. The summed E-state index contributed by atoms with van der Waals surface area (Å²) in [6.45, 7) is 1.77. The Bertz CT molecular complexity index is 1100. The minimum absolute atomic E-state index is 0.0129.